The third-order valence-corrected chi connectivity index (χ3v) is 1.32. The van der Waals surface area contributed by atoms with Crippen molar-refractivity contribution in [3.05, 3.63) is 24.3 Å². The highest BCUT2D eigenvalue weighted by molar-refractivity contribution is 5.85. The molecular weight excluding hydrogens is 128 g/mol. The Bertz CT molecular complexity index is 353. The van der Waals surface area contributed by atoms with Crippen molar-refractivity contribution in [3.8, 4) is 0 Å². The molecule has 1 aromatic carbocycles. The average Bonchev–Trinajstić information content (AvgIpc) is 2.34. The van der Waals surface area contributed by atoms with E-state index in [0.29, 0.717) is 11.4 Å². The summed E-state index contributed by atoms with van der Waals surface area (Å²) in [5.74, 6) is 0.399. The molecule has 0 bridgehead atoms. The number of rotatable bonds is 0. The van der Waals surface area contributed by atoms with E-state index < -0.39 is 0 Å². The number of hydrogen-bond donors (Lipinski definition) is 1. The molecule has 3 nitrogen and oxygen atoms in total. The number of nitrogens with zero attached hydrogens (tertiary/aromatic N) is 1. The van der Waals surface area contributed by atoms with Crippen molar-refractivity contribution in [2.75, 3.05) is 5.73 Å². The fourth-order valence-electron chi connectivity index (χ4n) is 0.842. The summed E-state index contributed by atoms with van der Waals surface area (Å²) in [5, 5.41) is 4.32. The Morgan fingerprint density at radius 1 is 1.60 bits per heavy atom. The van der Waals surface area contributed by atoms with Crippen LogP contribution in [-0.4, -0.2) is 5.16 Å². The zero-order valence-corrected chi connectivity index (χ0v) is 5.16. The minimum atomic E-state index is 0.399. The second kappa shape index (κ2) is 1.73. The first kappa shape index (κ1) is 5.29. The molecule has 1 aromatic heterocycles. The number of nitrogen functional groups attached to an aromatic ring is 1. The minimum Gasteiger partial charge on any atom is -0.380 e. The molecule has 1 radical (unpaired) electrons. The van der Waals surface area contributed by atoms with Crippen molar-refractivity contribution in [2.24, 2.45) is 0 Å². The molecule has 0 aliphatic heterocycles. The van der Waals surface area contributed by atoms with Crippen LogP contribution in [0.5, 0.6) is 0 Å². The lowest BCUT2D eigenvalue weighted by atomic mass is 10.2. The molecule has 10 heavy (non-hydrogen) atoms. The minimum absolute atomic E-state index is 0.399. The fourth-order valence-corrected chi connectivity index (χ4v) is 0.842. The first-order valence-electron chi connectivity index (χ1n) is 2.89. The highest BCUT2D eigenvalue weighted by atomic mass is 16.5. The molecule has 0 spiro atoms. The summed E-state index contributed by atoms with van der Waals surface area (Å²) in [6, 6.07) is 8.32. The highest BCUT2D eigenvalue weighted by Gasteiger charge is 2.00. The predicted molar refractivity (Wildman–Crippen MR) is 37.3 cm³/mol. The van der Waals surface area contributed by atoms with E-state index in [0.717, 1.165) is 5.39 Å². The standard InChI is InChI=1S/C7H5N2O/c8-7-5-3-1-2-4-6(5)10-9-7/h1-2,4H,(H2,8,9). The lowest BCUT2D eigenvalue weighted by Gasteiger charge is -1.81. The zero-order valence-electron chi connectivity index (χ0n) is 5.16. The van der Waals surface area contributed by atoms with E-state index >= 15 is 0 Å². The molecular formula is C7H5N2O. The first-order chi connectivity index (χ1) is 4.88. The van der Waals surface area contributed by atoms with Gasteiger partial charge in [0, 0.05) is 0 Å². The van der Waals surface area contributed by atoms with Crippen molar-refractivity contribution in [3.63, 3.8) is 0 Å². The van der Waals surface area contributed by atoms with Gasteiger partial charge in [-0.15, -0.1) is 0 Å². The first-order valence-corrected chi connectivity index (χ1v) is 2.89. The molecule has 0 atom stereocenters. The van der Waals surface area contributed by atoms with Gasteiger partial charge in [0.2, 0.25) is 0 Å². The summed E-state index contributed by atoms with van der Waals surface area (Å²) in [6.07, 6.45) is 0. The lowest BCUT2D eigenvalue weighted by molar-refractivity contribution is 0.460. The van der Waals surface area contributed by atoms with Gasteiger partial charge in [0.15, 0.2) is 11.4 Å². The van der Waals surface area contributed by atoms with Crippen molar-refractivity contribution < 1.29 is 4.52 Å². The highest BCUT2D eigenvalue weighted by Crippen LogP contribution is 2.17. The van der Waals surface area contributed by atoms with Gasteiger partial charge in [-0.05, 0) is 12.1 Å². The summed E-state index contributed by atoms with van der Waals surface area (Å²) in [4.78, 5) is 0. The third kappa shape index (κ3) is 0.572. The maximum absolute atomic E-state index is 5.44. The number of aromatic nitrogens is 1. The summed E-state index contributed by atoms with van der Waals surface area (Å²) in [7, 11) is 0. The molecule has 0 amide bonds. The smallest absolute Gasteiger partial charge is 0.175 e. The van der Waals surface area contributed by atoms with Crippen molar-refractivity contribution in [2.45, 2.75) is 0 Å². The average molecular weight is 133 g/mol. The van der Waals surface area contributed by atoms with Crippen LogP contribution >= 0.6 is 0 Å². The van der Waals surface area contributed by atoms with Crippen LogP contribution in [0, 0.1) is 6.07 Å². The van der Waals surface area contributed by atoms with Crippen LogP contribution in [0.3, 0.4) is 0 Å². The molecule has 0 saturated carbocycles. The Morgan fingerprint density at radius 2 is 2.50 bits per heavy atom. The summed E-state index contributed by atoms with van der Waals surface area (Å²) in [6.45, 7) is 0. The molecule has 0 aliphatic rings. The van der Waals surface area contributed by atoms with Crippen molar-refractivity contribution >= 4 is 16.8 Å². The van der Waals surface area contributed by atoms with Gasteiger partial charge in [-0.2, -0.15) is 0 Å². The van der Waals surface area contributed by atoms with E-state index in [1.54, 1.807) is 12.1 Å². The van der Waals surface area contributed by atoms with Crippen molar-refractivity contribution in [1.29, 1.82) is 0 Å². The molecule has 49 valence electrons. The molecule has 0 fully saturated rings. The van der Waals surface area contributed by atoms with Gasteiger partial charge < -0.3 is 10.3 Å². The zero-order chi connectivity index (χ0) is 6.97. The number of fused-ring (bicyclic) bond motifs is 1. The largest absolute Gasteiger partial charge is 0.380 e. The van der Waals surface area contributed by atoms with Crippen LogP contribution in [0.2, 0.25) is 0 Å². The molecule has 2 N–H and O–H groups in total. The Hall–Kier alpha value is -1.51. The van der Waals surface area contributed by atoms with Gasteiger partial charge in [0.25, 0.3) is 0 Å². The maximum atomic E-state index is 5.44. The molecule has 0 unspecified atom stereocenters. The molecule has 0 saturated heterocycles. The number of anilines is 1. The molecule has 0 aliphatic carbocycles. The van der Waals surface area contributed by atoms with E-state index in [1.807, 2.05) is 6.07 Å². The molecule has 1 heterocycles. The second-order valence-electron chi connectivity index (χ2n) is 1.98. The van der Waals surface area contributed by atoms with Crippen LogP contribution in [0.4, 0.5) is 5.82 Å². The Kier molecular flexibility index (Phi) is 0.917. The van der Waals surface area contributed by atoms with E-state index in [1.165, 1.54) is 0 Å². The van der Waals surface area contributed by atoms with Crippen LogP contribution < -0.4 is 5.73 Å². The molecule has 2 rings (SSSR count). The van der Waals surface area contributed by atoms with Gasteiger partial charge in [-0.3, -0.25) is 0 Å². The predicted octanol–water partition coefficient (Wildman–Crippen LogP) is 1.21. The van der Waals surface area contributed by atoms with Crippen molar-refractivity contribution in [1.82, 2.24) is 5.16 Å². The summed E-state index contributed by atoms with van der Waals surface area (Å²) < 4.78 is 4.84. The lowest BCUT2D eigenvalue weighted by Crippen LogP contribution is -1.82. The van der Waals surface area contributed by atoms with Gasteiger partial charge >= 0.3 is 0 Å². The molecule has 2 aromatic rings. The van der Waals surface area contributed by atoms with Gasteiger partial charge in [0.05, 0.1) is 5.39 Å². The Morgan fingerprint density at radius 3 is 3.30 bits per heavy atom. The Labute approximate surface area is 57.4 Å². The van der Waals surface area contributed by atoms with Gasteiger partial charge in [0.1, 0.15) is 0 Å². The second-order valence-corrected chi connectivity index (χ2v) is 1.98. The maximum Gasteiger partial charge on any atom is 0.175 e. The van der Waals surface area contributed by atoms with Crippen LogP contribution in [-0.2, 0) is 0 Å². The topological polar surface area (TPSA) is 52.0 Å². The number of benzene rings is 1. The van der Waals surface area contributed by atoms with E-state index in [2.05, 4.69) is 11.2 Å². The third-order valence-electron chi connectivity index (χ3n) is 1.32. The van der Waals surface area contributed by atoms with E-state index in [-0.39, 0.29) is 0 Å². The van der Waals surface area contributed by atoms with E-state index in [4.69, 9.17) is 10.3 Å². The van der Waals surface area contributed by atoms with Gasteiger partial charge in [-0.25, -0.2) is 0 Å². The summed E-state index contributed by atoms with van der Waals surface area (Å²) in [5.41, 5.74) is 6.12. The van der Waals surface area contributed by atoms with Crippen LogP contribution in [0.25, 0.3) is 11.0 Å². The Balaban J connectivity index is 2.93. The normalized spacial score (nSPS) is 10.4. The van der Waals surface area contributed by atoms with Crippen LogP contribution in [0.15, 0.2) is 22.7 Å². The van der Waals surface area contributed by atoms with E-state index in [9.17, 15) is 0 Å². The molecule has 3 heteroatoms. The monoisotopic (exact) mass is 133 g/mol. The van der Waals surface area contributed by atoms with Gasteiger partial charge in [-0.1, -0.05) is 17.3 Å². The number of nitrogens with two attached hydrogens (primary N) is 1. The van der Waals surface area contributed by atoms with Crippen LogP contribution in [0.1, 0.15) is 0 Å². The fraction of sp³-hybridized carbons (Fsp3) is 0. The SMILES string of the molecule is Nc1noc2ccc[c]c12. The summed E-state index contributed by atoms with van der Waals surface area (Å²) >= 11 is 0. The quantitative estimate of drug-likeness (QED) is 0.587. The number of hydrogen-bond acceptors (Lipinski definition) is 3.